The standard InChI is InChI=1S/C6H13NO2S/c1-10-6-4-2-3-5-7(8)9/h5H,2-4,6H2,1H3,(H,8,9). The number of thioether (sulfide) groups is 1. The van der Waals surface area contributed by atoms with Crippen LogP contribution in [0.2, 0.25) is 0 Å². The third-order valence-corrected chi connectivity index (χ3v) is 1.78. The van der Waals surface area contributed by atoms with Crippen molar-refractivity contribution in [1.82, 2.24) is 0 Å². The molecule has 0 atom stereocenters. The molecular weight excluding hydrogens is 150 g/mol. The predicted molar refractivity (Wildman–Crippen MR) is 43.7 cm³/mol. The number of rotatable bonds is 5. The minimum Gasteiger partial charge on any atom is -0.418 e. The molecule has 0 bridgehead atoms. The molecule has 0 rings (SSSR count). The van der Waals surface area contributed by atoms with Crippen molar-refractivity contribution in [2.75, 3.05) is 12.0 Å². The Morgan fingerprint density at radius 2 is 2.30 bits per heavy atom. The zero-order chi connectivity index (χ0) is 7.82. The van der Waals surface area contributed by atoms with Crippen LogP contribution in [0.4, 0.5) is 0 Å². The molecule has 0 unspecified atom stereocenters. The van der Waals surface area contributed by atoms with Crippen molar-refractivity contribution in [3.63, 3.8) is 0 Å². The summed E-state index contributed by atoms with van der Waals surface area (Å²) in [7, 11) is 0. The van der Waals surface area contributed by atoms with Crippen molar-refractivity contribution in [2.45, 2.75) is 19.3 Å². The average Bonchev–Trinajstić information content (AvgIpc) is 1.87. The first-order valence-electron chi connectivity index (χ1n) is 3.25. The molecule has 0 aromatic carbocycles. The van der Waals surface area contributed by atoms with Crippen LogP contribution in [0.3, 0.4) is 0 Å². The van der Waals surface area contributed by atoms with Crippen LogP contribution in [0.25, 0.3) is 0 Å². The Bertz CT molecular complexity index is 102. The molecule has 0 spiro atoms. The highest BCUT2D eigenvalue weighted by Gasteiger charge is 1.89. The summed E-state index contributed by atoms with van der Waals surface area (Å²) in [6.45, 7) is 0. The van der Waals surface area contributed by atoms with Gasteiger partial charge >= 0.3 is 0 Å². The number of hydrogen-bond donors (Lipinski definition) is 1. The van der Waals surface area contributed by atoms with Crippen molar-refractivity contribution < 1.29 is 10.1 Å². The second-order valence-corrected chi connectivity index (χ2v) is 2.96. The van der Waals surface area contributed by atoms with Gasteiger partial charge in [0, 0.05) is 11.3 Å². The van der Waals surface area contributed by atoms with Gasteiger partial charge in [0.25, 0.3) is 0 Å². The molecule has 0 aromatic rings. The quantitative estimate of drug-likeness (QED) is 0.219. The van der Waals surface area contributed by atoms with Gasteiger partial charge in [0.2, 0.25) is 6.21 Å². The lowest BCUT2D eigenvalue weighted by Gasteiger charge is -1.91. The Balaban J connectivity index is 2.98. The van der Waals surface area contributed by atoms with E-state index in [1.807, 2.05) is 0 Å². The zero-order valence-corrected chi connectivity index (χ0v) is 6.93. The van der Waals surface area contributed by atoms with Crippen molar-refractivity contribution in [2.24, 2.45) is 0 Å². The second kappa shape index (κ2) is 6.74. The molecule has 0 saturated heterocycles. The smallest absolute Gasteiger partial charge is 0.209 e. The largest absolute Gasteiger partial charge is 0.418 e. The molecule has 0 fully saturated rings. The summed E-state index contributed by atoms with van der Waals surface area (Å²) in [5, 5.41) is 18.0. The molecule has 0 saturated carbocycles. The first kappa shape index (κ1) is 9.62. The van der Waals surface area contributed by atoms with Gasteiger partial charge in [-0.15, -0.1) is 0 Å². The highest BCUT2D eigenvalue weighted by atomic mass is 32.2. The Morgan fingerprint density at radius 1 is 1.60 bits per heavy atom. The van der Waals surface area contributed by atoms with Crippen LogP contribution in [0.1, 0.15) is 19.3 Å². The van der Waals surface area contributed by atoms with Crippen LogP contribution < -0.4 is 0 Å². The zero-order valence-electron chi connectivity index (χ0n) is 6.12. The van der Waals surface area contributed by atoms with Crippen LogP contribution in [0.15, 0.2) is 0 Å². The fourth-order valence-corrected chi connectivity index (χ4v) is 1.09. The van der Waals surface area contributed by atoms with Crippen molar-refractivity contribution >= 4 is 18.0 Å². The Kier molecular flexibility index (Phi) is 6.48. The van der Waals surface area contributed by atoms with E-state index in [0.29, 0.717) is 6.42 Å². The molecule has 4 heteroatoms. The van der Waals surface area contributed by atoms with E-state index in [1.54, 1.807) is 11.8 Å². The molecule has 0 aromatic heterocycles. The maximum Gasteiger partial charge on any atom is 0.209 e. The van der Waals surface area contributed by atoms with Gasteiger partial charge in [0.15, 0.2) is 0 Å². The van der Waals surface area contributed by atoms with Crippen molar-refractivity contribution in [1.29, 1.82) is 0 Å². The number of nitrogens with zero attached hydrogens (tertiary/aromatic N) is 1. The molecule has 10 heavy (non-hydrogen) atoms. The topological polar surface area (TPSA) is 46.3 Å². The lowest BCUT2D eigenvalue weighted by atomic mass is 10.3. The predicted octanol–water partition coefficient (Wildman–Crippen LogP) is 1.49. The summed E-state index contributed by atoms with van der Waals surface area (Å²) in [4.78, 5) is -0.126. The van der Waals surface area contributed by atoms with Crippen LogP contribution in [0.5, 0.6) is 0 Å². The average molecular weight is 163 g/mol. The van der Waals surface area contributed by atoms with Crippen LogP contribution in [-0.2, 0) is 0 Å². The highest BCUT2D eigenvalue weighted by Crippen LogP contribution is 2.00. The summed E-state index contributed by atoms with van der Waals surface area (Å²) in [6, 6.07) is 0. The molecule has 0 aliphatic rings. The maximum atomic E-state index is 9.89. The molecular formula is C6H13NO2S. The second-order valence-electron chi connectivity index (χ2n) is 1.97. The number of unbranched alkanes of at least 4 members (excludes halogenated alkanes) is 2. The van der Waals surface area contributed by atoms with E-state index in [2.05, 4.69) is 6.26 Å². The third-order valence-electron chi connectivity index (χ3n) is 1.09. The Morgan fingerprint density at radius 3 is 2.80 bits per heavy atom. The van der Waals surface area contributed by atoms with E-state index in [4.69, 9.17) is 5.21 Å². The first-order chi connectivity index (χ1) is 4.77. The van der Waals surface area contributed by atoms with Crippen LogP contribution in [-0.4, -0.2) is 28.3 Å². The molecule has 60 valence electrons. The van der Waals surface area contributed by atoms with E-state index < -0.39 is 0 Å². The third kappa shape index (κ3) is 7.62. The molecule has 3 nitrogen and oxygen atoms in total. The van der Waals surface area contributed by atoms with Gasteiger partial charge in [0.1, 0.15) is 0 Å². The fraction of sp³-hybridized carbons (Fsp3) is 0.833. The van der Waals surface area contributed by atoms with Gasteiger partial charge in [-0.1, -0.05) is 0 Å². The molecule has 0 radical (unpaired) electrons. The minimum atomic E-state index is -0.126. The lowest BCUT2D eigenvalue weighted by molar-refractivity contribution is -0.723. The molecule has 0 aliphatic carbocycles. The maximum absolute atomic E-state index is 9.89. The Hall–Kier alpha value is -0.380. The minimum absolute atomic E-state index is 0.126. The van der Waals surface area contributed by atoms with E-state index in [9.17, 15) is 5.21 Å². The highest BCUT2D eigenvalue weighted by molar-refractivity contribution is 7.98. The normalized spacial score (nSPS) is 11.9. The Labute approximate surface area is 65.3 Å². The molecule has 0 heterocycles. The van der Waals surface area contributed by atoms with E-state index >= 15 is 0 Å². The molecule has 1 N–H and O–H groups in total. The summed E-state index contributed by atoms with van der Waals surface area (Å²) in [5.74, 6) is 1.12. The van der Waals surface area contributed by atoms with Gasteiger partial charge in [-0.25, -0.2) is 0 Å². The summed E-state index contributed by atoms with van der Waals surface area (Å²) >= 11 is 1.79. The van der Waals surface area contributed by atoms with Crippen LogP contribution in [0, 0.1) is 5.21 Å². The monoisotopic (exact) mass is 163 g/mol. The fourth-order valence-electron chi connectivity index (χ4n) is 0.592. The van der Waals surface area contributed by atoms with E-state index in [1.165, 1.54) is 6.21 Å². The number of hydrogen-bond acceptors (Lipinski definition) is 3. The van der Waals surface area contributed by atoms with Gasteiger partial charge in [-0.05, 0) is 24.9 Å². The van der Waals surface area contributed by atoms with E-state index in [-0.39, 0.29) is 4.90 Å². The summed E-state index contributed by atoms with van der Waals surface area (Å²) in [6.07, 6.45) is 6.03. The van der Waals surface area contributed by atoms with Gasteiger partial charge in [-0.3, -0.25) is 5.21 Å². The summed E-state index contributed by atoms with van der Waals surface area (Å²) in [5.41, 5.74) is 0. The van der Waals surface area contributed by atoms with Crippen molar-refractivity contribution in [3.8, 4) is 0 Å². The van der Waals surface area contributed by atoms with Crippen molar-refractivity contribution in [3.05, 3.63) is 5.21 Å². The lowest BCUT2D eigenvalue weighted by Crippen LogP contribution is -1.96. The van der Waals surface area contributed by atoms with Gasteiger partial charge in [-0.2, -0.15) is 11.8 Å². The van der Waals surface area contributed by atoms with Crippen LogP contribution >= 0.6 is 11.8 Å². The van der Waals surface area contributed by atoms with Gasteiger partial charge < -0.3 is 5.21 Å². The molecule has 0 amide bonds. The van der Waals surface area contributed by atoms with Gasteiger partial charge in [0.05, 0.1) is 0 Å². The SMILES string of the molecule is CSCCCC/C=[N+](\[O-])O. The summed E-state index contributed by atoms with van der Waals surface area (Å²) < 4.78 is 0. The molecule has 0 aliphatic heterocycles. The van der Waals surface area contributed by atoms with E-state index in [0.717, 1.165) is 18.6 Å². The first-order valence-corrected chi connectivity index (χ1v) is 4.64.